The van der Waals surface area contributed by atoms with Crippen LogP contribution in [0.1, 0.15) is 72.2 Å². The molecule has 1 fully saturated rings. The number of rotatable bonds is 12. The standard InChI is InChI=1S/C25H27N5O4.C9H11FO/c26-14-23-27-22(28-29-23)10-5-17-3-8-20(9-4-17)30-21(13-24(30)33)19-6-1-18(2-7-19)11-12-25(34,15-31)16-32;1-2-9(11)7-3-5-8(10)6-4-7/h1-4,6-9,21,31-32,34H,5,10-13,15-16H2,(H,27,28,29);3-6,9,11H,2H2,1H3. The molecule has 1 aromatic heterocycles. The fourth-order valence-corrected chi connectivity index (χ4v) is 4.96. The highest BCUT2D eigenvalue weighted by Crippen LogP contribution is 2.39. The van der Waals surface area contributed by atoms with Crippen molar-refractivity contribution >= 4 is 11.6 Å². The molecular weight excluding hydrogens is 577 g/mol. The number of anilines is 1. The Morgan fingerprint density at radius 3 is 2.18 bits per heavy atom. The Bertz CT molecular complexity index is 1560. The summed E-state index contributed by atoms with van der Waals surface area (Å²) in [6.45, 7) is 0.914. The number of nitrogens with zero attached hydrogens (tertiary/aromatic N) is 4. The minimum Gasteiger partial charge on any atom is -0.393 e. The Hall–Kier alpha value is -4.47. The van der Waals surface area contributed by atoms with Crippen LogP contribution in [0.15, 0.2) is 72.8 Å². The molecule has 3 aromatic carbocycles. The average Bonchev–Trinajstić information content (AvgIpc) is 3.54. The zero-order valence-corrected chi connectivity index (χ0v) is 25.1. The van der Waals surface area contributed by atoms with Crippen molar-refractivity contribution in [3.8, 4) is 6.07 Å². The van der Waals surface area contributed by atoms with Gasteiger partial charge in [0.2, 0.25) is 5.91 Å². The lowest BCUT2D eigenvalue weighted by molar-refractivity contribution is -0.124. The lowest BCUT2D eigenvalue weighted by Crippen LogP contribution is -2.46. The van der Waals surface area contributed by atoms with Crippen LogP contribution in [-0.2, 0) is 24.1 Å². The van der Waals surface area contributed by atoms with Crippen molar-refractivity contribution in [1.29, 1.82) is 5.26 Å². The van der Waals surface area contributed by atoms with Crippen LogP contribution in [0.3, 0.4) is 0 Å². The third kappa shape index (κ3) is 8.80. The number of hydrogen-bond donors (Lipinski definition) is 5. The quantitative estimate of drug-likeness (QED) is 0.150. The predicted molar refractivity (Wildman–Crippen MR) is 165 cm³/mol. The van der Waals surface area contributed by atoms with Gasteiger partial charge < -0.3 is 25.3 Å². The average molecular weight is 616 g/mol. The van der Waals surface area contributed by atoms with Crippen LogP contribution in [0.5, 0.6) is 0 Å². The number of aryl methyl sites for hydroxylation is 3. The van der Waals surface area contributed by atoms with E-state index in [0.29, 0.717) is 31.5 Å². The topological polar surface area (TPSA) is 167 Å². The maximum atomic E-state index is 12.4. The minimum atomic E-state index is -1.48. The zero-order chi connectivity index (χ0) is 32.4. The molecule has 2 atom stereocenters. The molecule has 1 saturated heterocycles. The van der Waals surface area contributed by atoms with Crippen molar-refractivity contribution in [2.24, 2.45) is 0 Å². The van der Waals surface area contributed by atoms with E-state index in [0.717, 1.165) is 34.4 Å². The number of aromatic amines is 1. The van der Waals surface area contributed by atoms with Gasteiger partial charge in [-0.15, -0.1) is 5.10 Å². The Labute approximate surface area is 261 Å². The minimum absolute atomic E-state index is 0.0298. The van der Waals surface area contributed by atoms with Crippen LogP contribution < -0.4 is 4.90 Å². The summed E-state index contributed by atoms with van der Waals surface area (Å²) in [6.07, 6.45) is 2.80. The van der Waals surface area contributed by atoms with E-state index in [-0.39, 0.29) is 30.0 Å². The monoisotopic (exact) mass is 615 g/mol. The number of benzene rings is 3. The van der Waals surface area contributed by atoms with Gasteiger partial charge in [-0.25, -0.2) is 9.37 Å². The molecule has 10 nitrogen and oxygen atoms in total. The van der Waals surface area contributed by atoms with E-state index in [2.05, 4.69) is 15.2 Å². The molecule has 45 heavy (non-hydrogen) atoms. The molecule has 0 radical (unpaired) electrons. The molecule has 5 N–H and O–H groups in total. The van der Waals surface area contributed by atoms with Crippen molar-refractivity contribution in [3.63, 3.8) is 0 Å². The molecule has 1 aliphatic rings. The summed E-state index contributed by atoms with van der Waals surface area (Å²) in [6, 6.07) is 23.5. The highest BCUT2D eigenvalue weighted by atomic mass is 19.1. The van der Waals surface area contributed by atoms with E-state index < -0.39 is 24.9 Å². The Kier molecular flexibility index (Phi) is 11.5. The summed E-state index contributed by atoms with van der Waals surface area (Å²) in [7, 11) is 0. The van der Waals surface area contributed by atoms with E-state index in [4.69, 9.17) is 5.26 Å². The second kappa shape index (κ2) is 15.5. The summed E-state index contributed by atoms with van der Waals surface area (Å²) in [5.41, 5.74) is 3.25. The number of hydrogen-bond acceptors (Lipinski definition) is 8. The number of halogens is 1. The first kappa shape index (κ1) is 33.4. The first-order valence-corrected chi connectivity index (χ1v) is 14.9. The Morgan fingerprint density at radius 2 is 1.62 bits per heavy atom. The first-order valence-electron chi connectivity index (χ1n) is 14.9. The van der Waals surface area contributed by atoms with Gasteiger partial charge in [0, 0.05) is 12.1 Å². The van der Waals surface area contributed by atoms with E-state index >= 15 is 0 Å². The van der Waals surface area contributed by atoms with Gasteiger partial charge in [0.1, 0.15) is 23.3 Å². The van der Waals surface area contributed by atoms with Gasteiger partial charge in [-0.2, -0.15) is 5.26 Å². The SMILES string of the molecule is CCC(O)c1ccc(F)cc1.N#Cc1n[nH]c(CCc2ccc(N3C(=O)CC3c3ccc(CCC(O)(CO)CO)cc3)cc2)n1. The van der Waals surface area contributed by atoms with Crippen LogP contribution in [0.4, 0.5) is 10.1 Å². The van der Waals surface area contributed by atoms with Gasteiger partial charge in [-0.3, -0.25) is 9.89 Å². The second-order valence-corrected chi connectivity index (χ2v) is 11.1. The number of carbonyl (C=O) groups excluding carboxylic acids is 1. The van der Waals surface area contributed by atoms with E-state index in [1.54, 1.807) is 17.0 Å². The number of amides is 1. The molecule has 11 heteroatoms. The van der Waals surface area contributed by atoms with Crippen molar-refractivity contribution in [2.75, 3.05) is 18.1 Å². The Morgan fingerprint density at radius 1 is 1.00 bits per heavy atom. The van der Waals surface area contributed by atoms with E-state index in [1.807, 2.05) is 61.5 Å². The Balaban J connectivity index is 0.000000354. The van der Waals surface area contributed by atoms with Crippen molar-refractivity contribution in [2.45, 2.75) is 63.2 Å². The molecule has 0 aliphatic carbocycles. The fourth-order valence-electron chi connectivity index (χ4n) is 4.96. The van der Waals surface area contributed by atoms with Gasteiger partial charge in [0.05, 0.1) is 31.8 Å². The van der Waals surface area contributed by atoms with Gasteiger partial charge in [-0.1, -0.05) is 55.5 Å². The molecule has 0 spiro atoms. The van der Waals surface area contributed by atoms with Gasteiger partial charge >= 0.3 is 0 Å². The number of nitriles is 1. The van der Waals surface area contributed by atoms with Gasteiger partial charge in [0.15, 0.2) is 0 Å². The van der Waals surface area contributed by atoms with Gasteiger partial charge in [-0.05, 0) is 72.2 Å². The highest BCUT2D eigenvalue weighted by molar-refractivity contribution is 6.01. The smallest absolute Gasteiger partial charge is 0.252 e. The van der Waals surface area contributed by atoms with E-state index in [1.165, 1.54) is 12.1 Å². The molecule has 0 bridgehead atoms. The number of carbonyl (C=O) groups is 1. The van der Waals surface area contributed by atoms with Crippen molar-refractivity contribution in [1.82, 2.24) is 15.2 Å². The number of aromatic nitrogens is 3. The molecule has 0 saturated carbocycles. The molecule has 4 aromatic rings. The first-order chi connectivity index (χ1) is 21.7. The third-order valence-corrected chi connectivity index (χ3v) is 7.92. The molecule has 1 amide bonds. The fraction of sp³-hybridized carbons (Fsp3) is 0.353. The van der Waals surface area contributed by atoms with Crippen LogP contribution in [-0.4, -0.2) is 60.3 Å². The van der Waals surface area contributed by atoms with Crippen LogP contribution in [0.25, 0.3) is 0 Å². The number of nitrogens with one attached hydrogen (secondary N) is 1. The summed E-state index contributed by atoms with van der Waals surface area (Å²) in [5.74, 6) is 0.609. The second-order valence-electron chi connectivity index (χ2n) is 11.1. The van der Waals surface area contributed by atoms with Crippen molar-refractivity contribution in [3.05, 3.63) is 113 Å². The number of β-lactam (4-membered cyclic amide) rings is 1. The summed E-state index contributed by atoms with van der Waals surface area (Å²) < 4.78 is 12.4. The number of aliphatic hydroxyl groups is 4. The van der Waals surface area contributed by atoms with Crippen LogP contribution in [0.2, 0.25) is 0 Å². The zero-order valence-electron chi connectivity index (χ0n) is 25.1. The van der Waals surface area contributed by atoms with E-state index in [9.17, 15) is 29.6 Å². The largest absolute Gasteiger partial charge is 0.393 e. The van der Waals surface area contributed by atoms with Gasteiger partial charge in [0.25, 0.3) is 5.82 Å². The summed E-state index contributed by atoms with van der Waals surface area (Å²) in [4.78, 5) is 18.3. The summed E-state index contributed by atoms with van der Waals surface area (Å²) in [5, 5.41) is 53.2. The maximum Gasteiger partial charge on any atom is 0.252 e. The van der Waals surface area contributed by atoms with Crippen LogP contribution in [0, 0.1) is 17.1 Å². The predicted octanol–water partition coefficient (Wildman–Crippen LogP) is 3.86. The molecule has 1 aliphatic heterocycles. The number of H-pyrrole nitrogens is 1. The molecule has 2 unspecified atom stereocenters. The molecule has 2 heterocycles. The molecule has 236 valence electrons. The molecular formula is C34H38FN5O5. The summed E-state index contributed by atoms with van der Waals surface area (Å²) >= 11 is 0. The van der Waals surface area contributed by atoms with Crippen molar-refractivity contribution < 1.29 is 29.6 Å². The lowest BCUT2D eigenvalue weighted by Gasteiger charge is -2.41. The molecule has 5 rings (SSSR count). The highest BCUT2D eigenvalue weighted by Gasteiger charge is 2.38. The maximum absolute atomic E-state index is 12.4. The van der Waals surface area contributed by atoms with Crippen LogP contribution >= 0.6 is 0 Å². The number of aliphatic hydroxyl groups excluding tert-OH is 3. The normalized spacial score (nSPS) is 15.1. The third-order valence-electron chi connectivity index (χ3n) is 7.92. The lowest BCUT2D eigenvalue weighted by atomic mass is 9.91.